The van der Waals surface area contributed by atoms with E-state index in [0.29, 0.717) is 5.56 Å². The lowest BCUT2D eigenvalue weighted by molar-refractivity contribution is 1.13. The molecule has 4 nitrogen and oxygen atoms in total. The molecule has 0 unspecified atom stereocenters. The molecule has 0 bridgehead atoms. The van der Waals surface area contributed by atoms with Gasteiger partial charge in [-0.15, -0.1) is 0 Å². The fraction of sp³-hybridized carbons (Fsp3) is 0.0625. The average molecular weight is 871 g/mol. The normalized spacial score (nSPS) is 11.5. The predicted molar refractivity (Wildman–Crippen MR) is 284 cm³/mol. The van der Waals surface area contributed by atoms with E-state index in [9.17, 15) is 5.26 Å². The Hall–Kier alpha value is -8.78. The minimum absolute atomic E-state index is 0.572. The third-order valence-electron chi connectivity index (χ3n) is 13.4. The SMILES string of the molecule is Cc1cc(C)cc(-c2ccc3c(c2)c2ccccc2n3-c2cc(-c3cc(-c4ccccc4)nc(-c4ccccc4)c3)c(-n3c4ccccc4c4cc(-c5cc(C)cc(C)c5)ccc43)cc2C#N)c1. The Balaban J connectivity index is 1.17. The molecule has 0 amide bonds. The highest BCUT2D eigenvalue weighted by atomic mass is 15.0. The molecule has 0 N–H and O–H groups in total. The second-order valence-electron chi connectivity index (χ2n) is 18.3. The monoisotopic (exact) mass is 870 g/mol. The first kappa shape index (κ1) is 40.7. The van der Waals surface area contributed by atoms with Gasteiger partial charge < -0.3 is 9.13 Å². The third kappa shape index (κ3) is 6.96. The number of para-hydroxylation sites is 2. The summed E-state index contributed by atoms with van der Waals surface area (Å²) in [5.41, 5.74) is 21.9. The van der Waals surface area contributed by atoms with Crippen LogP contribution in [0.3, 0.4) is 0 Å². The van der Waals surface area contributed by atoms with Crippen molar-refractivity contribution in [3.63, 3.8) is 0 Å². The minimum Gasteiger partial charge on any atom is -0.309 e. The Morgan fingerprint density at radius 2 is 0.765 bits per heavy atom. The first-order chi connectivity index (χ1) is 33.3. The number of aryl methyl sites for hydroxylation is 4. The lowest BCUT2D eigenvalue weighted by Crippen LogP contribution is -2.04. The van der Waals surface area contributed by atoms with Crippen molar-refractivity contribution in [1.82, 2.24) is 14.1 Å². The second-order valence-corrected chi connectivity index (χ2v) is 18.3. The molecule has 9 aromatic carbocycles. The fourth-order valence-corrected chi connectivity index (χ4v) is 10.6. The summed E-state index contributed by atoms with van der Waals surface area (Å²) >= 11 is 0. The van der Waals surface area contributed by atoms with Gasteiger partial charge in [0.1, 0.15) is 6.07 Å². The van der Waals surface area contributed by atoms with Crippen LogP contribution >= 0.6 is 0 Å². The molecule has 4 heteroatoms. The second kappa shape index (κ2) is 16.3. The number of hydrogen-bond donors (Lipinski definition) is 0. The van der Waals surface area contributed by atoms with E-state index >= 15 is 0 Å². The molecule has 0 aliphatic carbocycles. The molecule has 12 aromatic rings. The van der Waals surface area contributed by atoms with Crippen molar-refractivity contribution in [2.24, 2.45) is 0 Å². The molecule has 0 saturated heterocycles. The van der Waals surface area contributed by atoms with Gasteiger partial charge in [-0.05, 0) is 116 Å². The van der Waals surface area contributed by atoms with Crippen molar-refractivity contribution >= 4 is 43.6 Å². The van der Waals surface area contributed by atoms with Crippen LogP contribution in [0.5, 0.6) is 0 Å². The van der Waals surface area contributed by atoms with Crippen molar-refractivity contribution in [2.75, 3.05) is 0 Å². The first-order valence-electron chi connectivity index (χ1n) is 23.2. The molecule has 3 aromatic heterocycles. The standard InChI is InChI=1S/C64H46N4/c1-40-27-41(2)30-48(29-40)46-23-25-61-55(33-46)52-19-11-13-21-59(52)67(61)63-38-54(50-35-57(44-15-7-5-8-16-44)66-58(36-50)45-17-9-6-10-18-45)64(37-51(63)39-65)68-60-22-14-12-20-53(60)56-34-47(24-26-62(56)68)49-31-42(3)28-43(4)32-49/h5-38H,1-4H3. The lowest BCUT2D eigenvalue weighted by atomic mass is 9.96. The number of benzene rings is 9. The van der Waals surface area contributed by atoms with E-state index in [1.54, 1.807) is 0 Å². The van der Waals surface area contributed by atoms with Crippen molar-refractivity contribution in [3.05, 3.63) is 234 Å². The molecule has 0 saturated carbocycles. The van der Waals surface area contributed by atoms with E-state index < -0.39 is 0 Å². The van der Waals surface area contributed by atoms with Crippen LogP contribution in [-0.4, -0.2) is 14.1 Å². The summed E-state index contributed by atoms with van der Waals surface area (Å²) < 4.78 is 4.66. The van der Waals surface area contributed by atoms with E-state index in [0.717, 1.165) is 94.2 Å². The maximum Gasteiger partial charge on any atom is 0.101 e. The van der Waals surface area contributed by atoms with Crippen molar-refractivity contribution in [3.8, 4) is 73.3 Å². The van der Waals surface area contributed by atoms with E-state index in [2.05, 4.69) is 237 Å². The number of nitriles is 1. The molecular weight excluding hydrogens is 825 g/mol. The molecule has 68 heavy (non-hydrogen) atoms. The Morgan fingerprint density at radius 3 is 1.24 bits per heavy atom. The van der Waals surface area contributed by atoms with Gasteiger partial charge in [-0.25, -0.2) is 4.98 Å². The Morgan fingerprint density at radius 1 is 0.338 bits per heavy atom. The van der Waals surface area contributed by atoms with E-state index in [1.807, 2.05) is 12.1 Å². The van der Waals surface area contributed by atoms with Gasteiger partial charge in [-0.3, -0.25) is 0 Å². The lowest BCUT2D eigenvalue weighted by Gasteiger charge is -2.20. The third-order valence-corrected chi connectivity index (χ3v) is 13.4. The summed E-state index contributed by atoms with van der Waals surface area (Å²) in [6, 6.07) is 76.6. The minimum atomic E-state index is 0.572. The van der Waals surface area contributed by atoms with Gasteiger partial charge in [0.05, 0.1) is 50.4 Å². The summed E-state index contributed by atoms with van der Waals surface area (Å²) in [5.74, 6) is 0. The number of aromatic nitrogens is 3. The van der Waals surface area contributed by atoms with Crippen LogP contribution in [0.1, 0.15) is 27.8 Å². The summed E-state index contributed by atoms with van der Waals surface area (Å²) in [5, 5.41) is 16.0. The number of hydrogen-bond acceptors (Lipinski definition) is 2. The Labute approximate surface area is 396 Å². The maximum atomic E-state index is 11.4. The first-order valence-corrected chi connectivity index (χ1v) is 23.2. The summed E-state index contributed by atoms with van der Waals surface area (Å²) in [6.07, 6.45) is 0. The molecule has 0 aliphatic heterocycles. The maximum absolute atomic E-state index is 11.4. The van der Waals surface area contributed by atoms with Gasteiger partial charge >= 0.3 is 0 Å². The molecule has 12 rings (SSSR count). The van der Waals surface area contributed by atoms with Crippen LogP contribution < -0.4 is 0 Å². The van der Waals surface area contributed by atoms with Gasteiger partial charge in [0.15, 0.2) is 0 Å². The molecule has 3 heterocycles. The largest absolute Gasteiger partial charge is 0.309 e. The molecular formula is C64H46N4. The van der Waals surface area contributed by atoms with E-state index in [4.69, 9.17) is 4.98 Å². The highest BCUT2D eigenvalue weighted by Gasteiger charge is 2.23. The van der Waals surface area contributed by atoms with Crippen molar-refractivity contribution in [1.29, 1.82) is 5.26 Å². The van der Waals surface area contributed by atoms with Crippen LogP contribution in [0.25, 0.3) is 111 Å². The number of pyridine rings is 1. The van der Waals surface area contributed by atoms with Gasteiger partial charge in [-0.1, -0.05) is 168 Å². The Bertz CT molecular complexity index is 3920. The molecule has 322 valence electrons. The molecule has 0 radical (unpaired) electrons. The van der Waals surface area contributed by atoms with Gasteiger partial charge in [0.25, 0.3) is 0 Å². The Kier molecular flexibility index (Phi) is 9.74. The highest BCUT2D eigenvalue weighted by molar-refractivity contribution is 6.12. The van der Waals surface area contributed by atoms with Crippen molar-refractivity contribution in [2.45, 2.75) is 27.7 Å². The van der Waals surface area contributed by atoms with Crippen LogP contribution in [0.2, 0.25) is 0 Å². The van der Waals surface area contributed by atoms with Crippen LogP contribution in [-0.2, 0) is 0 Å². The number of rotatable bonds is 7. The van der Waals surface area contributed by atoms with Crippen LogP contribution in [0, 0.1) is 39.0 Å². The fourth-order valence-electron chi connectivity index (χ4n) is 10.6. The summed E-state index contributed by atoms with van der Waals surface area (Å²) in [7, 11) is 0. The van der Waals surface area contributed by atoms with Crippen LogP contribution in [0.15, 0.2) is 206 Å². The predicted octanol–water partition coefficient (Wildman–Crippen LogP) is 16.7. The zero-order chi connectivity index (χ0) is 46.0. The van der Waals surface area contributed by atoms with Gasteiger partial charge in [0.2, 0.25) is 0 Å². The van der Waals surface area contributed by atoms with Crippen LogP contribution in [0.4, 0.5) is 0 Å². The molecule has 0 atom stereocenters. The average Bonchev–Trinajstić information content (AvgIpc) is 3.88. The number of fused-ring (bicyclic) bond motifs is 6. The molecule has 0 fully saturated rings. The topological polar surface area (TPSA) is 46.5 Å². The number of nitrogens with zero attached hydrogens (tertiary/aromatic N) is 4. The van der Waals surface area contributed by atoms with E-state index in [-0.39, 0.29) is 0 Å². The summed E-state index contributed by atoms with van der Waals surface area (Å²) in [6.45, 7) is 8.63. The quantitative estimate of drug-likeness (QED) is 0.160. The molecule has 0 spiro atoms. The molecule has 0 aliphatic rings. The van der Waals surface area contributed by atoms with E-state index in [1.165, 1.54) is 38.9 Å². The van der Waals surface area contributed by atoms with Crippen molar-refractivity contribution < 1.29 is 0 Å². The zero-order valence-electron chi connectivity index (χ0n) is 38.4. The zero-order valence-corrected chi connectivity index (χ0v) is 38.4. The smallest absolute Gasteiger partial charge is 0.101 e. The highest BCUT2D eigenvalue weighted by Crippen LogP contribution is 2.43. The van der Waals surface area contributed by atoms with Gasteiger partial charge in [0, 0.05) is 38.2 Å². The summed E-state index contributed by atoms with van der Waals surface area (Å²) in [4.78, 5) is 5.31. The van der Waals surface area contributed by atoms with Gasteiger partial charge in [-0.2, -0.15) is 5.26 Å².